The van der Waals surface area contributed by atoms with Gasteiger partial charge in [-0.15, -0.1) is 0 Å². The predicted molar refractivity (Wildman–Crippen MR) is 395 cm³/mol. The Labute approximate surface area is 594 Å². The van der Waals surface area contributed by atoms with Gasteiger partial charge in [-0.05, 0) is 43.4 Å². The molecule has 8 atom stereocenters. The van der Waals surface area contributed by atoms with Crippen LogP contribution in [0.5, 0.6) is 0 Å². The highest BCUT2D eigenvalue weighted by Crippen LogP contribution is 2.45. The van der Waals surface area contributed by atoms with Crippen molar-refractivity contribution in [1.82, 2.24) is 0 Å². The Morgan fingerprint density at radius 3 is 0.732 bits per heavy atom. The number of aliphatic hydroxyl groups is 1. The van der Waals surface area contributed by atoms with E-state index in [1.165, 1.54) is 205 Å². The Bertz CT molecular complexity index is 1890. The van der Waals surface area contributed by atoms with Crippen molar-refractivity contribution in [1.29, 1.82) is 0 Å². The molecular weight excluding hydrogens is 1270 g/mol. The van der Waals surface area contributed by atoms with Gasteiger partial charge in [0.05, 0.1) is 26.4 Å². The van der Waals surface area contributed by atoms with E-state index in [0.29, 0.717) is 25.7 Å². The van der Waals surface area contributed by atoms with Gasteiger partial charge in [-0.3, -0.25) is 37.3 Å². The van der Waals surface area contributed by atoms with Crippen molar-refractivity contribution >= 4 is 39.5 Å². The number of hydrogen-bond acceptors (Lipinski definition) is 15. The number of hydrogen-bond donors (Lipinski definition) is 3. The molecule has 0 fully saturated rings. The van der Waals surface area contributed by atoms with Gasteiger partial charge in [0.25, 0.3) is 0 Å². The summed E-state index contributed by atoms with van der Waals surface area (Å²) in [7, 11) is -9.91. The van der Waals surface area contributed by atoms with Crippen molar-refractivity contribution in [2.24, 2.45) is 17.8 Å². The van der Waals surface area contributed by atoms with Crippen LogP contribution in [0.25, 0.3) is 0 Å². The number of phosphoric acid groups is 2. The van der Waals surface area contributed by atoms with Gasteiger partial charge in [-0.2, -0.15) is 0 Å². The van der Waals surface area contributed by atoms with Gasteiger partial charge < -0.3 is 33.8 Å². The Morgan fingerprint density at radius 2 is 0.495 bits per heavy atom. The van der Waals surface area contributed by atoms with E-state index in [1.54, 1.807) is 0 Å². The predicted octanol–water partition coefficient (Wildman–Crippen LogP) is 23.0. The summed E-state index contributed by atoms with van der Waals surface area (Å²) >= 11 is 0. The third-order valence-electron chi connectivity index (χ3n) is 19.2. The standard InChI is InChI=1S/C78H152O17P2/c1-8-12-13-14-15-16-17-24-28-31-37-45-52-59-75(80)88-65-73(94-77(82)61-54-47-38-32-29-26-23-21-19-18-20-22-25-27-30-35-42-49-56-69(5)9-2)67-92-96(84,85)90-63-72(79)64-91-97(86,87)93-68-74(66-89-76(81)60-53-46-41-40-44-51-58-71(7)11-4)95-78(83)62-55-48-39-34-33-36-43-50-57-70(6)10-3/h69-74,79H,8-68H2,1-7H3,(H,84,85)(H,86,87)/t69?,70?,71?,72-,73-,74-/m1/s1. The summed E-state index contributed by atoms with van der Waals surface area (Å²) < 4.78 is 68.6. The first-order chi connectivity index (χ1) is 46.8. The fraction of sp³-hybridized carbons (Fsp3) is 0.949. The van der Waals surface area contributed by atoms with Crippen LogP contribution in [-0.4, -0.2) is 96.7 Å². The zero-order chi connectivity index (χ0) is 71.6. The molecule has 0 amide bonds. The van der Waals surface area contributed by atoms with Crippen LogP contribution in [0.1, 0.15) is 402 Å². The van der Waals surface area contributed by atoms with Crippen molar-refractivity contribution < 1.29 is 80.2 Å². The molecule has 0 aromatic rings. The van der Waals surface area contributed by atoms with Gasteiger partial charge in [-0.1, -0.05) is 350 Å². The van der Waals surface area contributed by atoms with Crippen molar-refractivity contribution in [3.8, 4) is 0 Å². The first kappa shape index (κ1) is 95.1. The number of ether oxygens (including phenoxy) is 4. The Morgan fingerprint density at radius 1 is 0.289 bits per heavy atom. The van der Waals surface area contributed by atoms with E-state index in [1.807, 2.05) is 0 Å². The largest absolute Gasteiger partial charge is 0.472 e. The summed E-state index contributed by atoms with van der Waals surface area (Å²) in [4.78, 5) is 72.8. The number of aliphatic hydroxyl groups excluding tert-OH is 1. The van der Waals surface area contributed by atoms with E-state index >= 15 is 0 Å². The quantitative estimate of drug-likeness (QED) is 0.0222. The molecule has 0 saturated carbocycles. The van der Waals surface area contributed by atoms with Crippen molar-refractivity contribution in [3.05, 3.63) is 0 Å². The average molecular weight is 1420 g/mol. The summed E-state index contributed by atoms with van der Waals surface area (Å²) in [5, 5.41) is 10.6. The van der Waals surface area contributed by atoms with Crippen molar-refractivity contribution in [2.75, 3.05) is 39.6 Å². The lowest BCUT2D eigenvalue weighted by molar-refractivity contribution is -0.161. The first-order valence-electron chi connectivity index (χ1n) is 40.5. The van der Waals surface area contributed by atoms with Crippen LogP contribution >= 0.6 is 15.6 Å². The molecule has 0 bridgehead atoms. The molecule has 576 valence electrons. The maximum atomic E-state index is 13.1. The summed E-state index contributed by atoms with van der Waals surface area (Å²) in [6.45, 7) is 11.9. The minimum atomic E-state index is -4.96. The molecule has 97 heavy (non-hydrogen) atoms. The molecular formula is C78H152O17P2. The van der Waals surface area contributed by atoms with Gasteiger partial charge in [0.1, 0.15) is 19.3 Å². The van der Waals surface area contributed by atoms with E-state index in [-0.39, 0.29) is 25.7 Å². The maximum absolute atomic E-state index is 13.1. The lowest BCUT2D eigenvalue weighted by Gasteiger charge is -2.21. The normalized spacial score (nSPS) is 14.9. The van der Waals surface area contributed by atoms with E-state index in [4.69, 9.17) is 37.0 Å². The minimum absolute atomic E-state index is 0.104. The second-order valence-corrected chi connectivity index (χ2v) is 31.7. The average Bonchev–Trinajstić information content (AvgIpc) is 1.10. The molecule has 0 aliphatic heterocycles. The number of esters is 4. The van der Waals surface area contributed by atoms with Crippen LogP contribution in [0.15, 0.2) is 0 Å². The number of carbonyl (C=O) groups excluding carboxylic acids is 4. The third kappa shape index (κ3) is 68.3. The van der Waals surface area contributed by atoms with Crippen LogP contribution in [-0.2, 0) is 65.4 Å². The third-order valence-corrected chi connectivity index (χ3v) is 21.1. The van der Waals surface area contributed by atoms with Gasteiger partial charge >= 0.3 is 39.5 Å². The zero-order valence-corrected chi connectivity index (χ0v) is 65.3. The molecule has 17 nitrogen and oxygen atoms in total. The van der Waals surface area contributed by atoms with Gasteiger partial charge in [0, 0.05) is 25.7 Å². The van der Waals surface area contributed by atoms with Crippen LogP contribution < -0.4 is 0 Å². The monoisotopic (exact) mass is 1420 g/mol. The SMILES string of the molecule is CCCCCCCCCCCCCCCC(=O)OC[C@H](COP(=O)(O)OC[C@@H](O)COP(=O)(O)OC[C@@H](COC(=O)CCCCCCCCC(C)CC)OC(=O)CCCCCCCCCCC(C)CC)OC(=O)CCCCCCCCCCCCCCCCCCCCC(C)CC. The molecule has 19 heteroatoms. The lowest BCUT2D eigenvalue weighted by Crippen LogP contribution is -2.30. The summed E-state index contributed by atoms with van der Waals surface area (Å²) in [5.41, 5.74) is 0. The van der Waals surface area contributed by atoms with Gasteiger partial charge in [-0.25, -0.2) is 9.13 Å². The van der Waals surface area contributed by atoms with Crippen molar-refractivity contribution in [2.45, 2.75) is 420 Å². The smallest absolute Gasteiger partial charge is 0.462 e. The molecule has 0 radical (unpaired) electrons. The fourth-order valence-electron chi connectivity index (χ4n) is 11.9. The fourth-order valence-corrected chi connectivity index (χ4v) is 13.4. The summed E-state index contributed by atoms with van der Waals surface area (Å²) in [6, 6.07) is 0. The molecule has 3 N–H and O–H groups in total. The maximum Gasteiger partial charge on any atom is 0.472 e. The van der Waals surface area contributed by atoms with Crippen LogP contribution in [0.2, 0.25) is 0 Å². The number of unbranched alkanes of at least 4 members (excludes halogenated alkanes) is 41. The highest BCUT2D eigenvalue weighted by atomic mass is 31.2. The Kier molecular flexibility index (Phi) is 67.1. The topological polar surface area (TPSA) is 237 Å². The second-order valence-electron chi connectivity index (χ2n) is 28.8. The van der Waals surface area contributed by atoms with Crippen LogP contribution in [0, 0.1) is 17.8 Å². The molecule has 0 rings (SSSR count). The molecule has 0 spiro atoms. The lowest BCUT2D eigenvalue weighted by atomic mass is 9.99. The van der Waals surface area contributed by atoms with E-state index in [0.717, 1.165) is 114 Å². The molecule has 0 saturated heterocycles. The van der Waals surface area contributed by atoms with E-state index in [9.17, 15) is 43.2 Å². The van der Waals surface area contributed by atoms with Gasteiger partial charge in [0.15, 0.2) is 12.2 Å². The summed E-state index contributed by atoms with van der Waals surface area (Å²) in [5.74, 6) is 0.254. The van der Waals surface area contributed by atoms with Gasteiger partial charge in [0.2, 0.25) is 0 Å². The highest BCUT2D eigenvalue weighted by Gasteiger charge is 2.30. The molecule has 0 aromatic heterocycles. The molecule has 0 aliphatic carbocycles. The zero-order valence-electron chi connectivity index (χ0n) is 63.5. The highest BCUT2D eigenvalue weighted by molar-refractivity contribution is 7.47. The van der Waals surface area contributed by atoms with Crippen LogP contribution in [0.3, 0.4) is 0 Å². The Hall–Kier alpha value is -1.94. The second kappa shape index (κ2) is 68.5. The van der Waals surface area contributed by atoms with Crippen LogP contribution in [0.4, 0.5) is 0 Å². The number of carbonyl (C=O) groups is 4. The molecule has 0 aliphatic rings. The Balaban J connectivity index is 5.20. The number of rotatable bonds is 76. The molecule has 0 aromatic carbocycles. The molecule has 0 heterocycles. The first-order valence-corrected chi connectivity index (χ1v) is 43.5. The molecule has 5 unspecified atom stereocenters. The van der Waals surface area contributed by atoms with Crippen molar-refractivity contribution in [3.63, 3.8) is 0 Å². The van der Waals surface area contributed by atoms with E-state index < -0.39 is 97.5 Å². The van der Waals surface area contributed by atoms with E-state index in [2.05, 4.69) is 48.5 Å². The minimum Gasteiger partial charge on any atom is -0.462 e. The number of phosphoric ester groups is 2. The summed E-state index contributed by atoms with van der Waals surface area (Å²) in [6.07, 6.45) is 55.5.